The Morgan fingerprint density at radius 3 is 2.85 bits per heavy atom. The van der Waals surface area contributed by atoms with Gasteiger partial charge in [-0.3, -0.25) is 9.59 Å². The molecule has 33 heavy (non-hydrogen) atoms. The van der Waals surface area contributed by atoms with E-state index in [9.17, 15) is 27.9 Å². The molecular weight excluding hydrogens is 449 g/mol. The van der Waals surface area contributed by atoms with E-state index in [4.69, 9.17) is 15.0 Å². The van der Waals surface area contributed by atoms with Crippen LogP contribution >= 0.6 is 0 Å². The molecule has 2 aromatic carbocycles. The Labute approximate surface area is 183 Å². The summed E-state index contributed by atoms with van der Waals surface area (Å²) in [6.45, 7) is -3.36. The smallest absolute Gasteiger partial charge is 0.387 e. The number of carbonyl (C=O) groups excluding carboxylic acids is 2. The number of halogens is 3. The van der Waals surface area contributed by atoms with E-state index in [1.165, 1.54) is 18.2 Å². The third-order valence-corrected chi connectivity index (χ3v) is 4.89. The van der Waals surface area contributed by atoms with Crippen molar-refractivity contribution in [3.8, 4) is 5.75 Å². The van der Waals surface area contributed by atoms with Crippen LogP contribution in [0.25, 0.3) is 11.0 Å². The number of ether oxygens (including phenoxy) is 2. The van der Waals surface area contributed by atoms with Crippen LogP contribution in [0.5, 0.6) is 5.75 Å². The van der Waals surface area contributed by atoms with E-state index >= 15 is 0 Å². The number of nitrogens with one attached hydrogen (secondary N) is 1. The Morgan fingerprint density at radius 1 is 1.30 bits per heavy atom. The fraction of sp³-hybridized carbons (Fsp3) is 0.250. The van der Waals surface area contributed by atoms with E-state index in [2.05, 4.69) is 15.2 Å². The van der Waals surface area contributed by atoms with E-state index in [1.54, 1.807) is 6.07 Å². The molecule has 0 aliphatic carbocycles. The standard InChI is InChI=1S/C20H17F3N4O6/c21-12-4-2-10(8-14(12)32-20(22)23)27-5-6-31-16(19(27)30)15(28)18(29)25-9-1-3-11-13(7-9)33-26-17(11)24/h1-4,7-8,15-16,20,28H,5-6H2,(H2,24,26)(H,25,29)/t15-,16-/m1/s1. The Bertz CT molecular complexity index is 1200. The number of hydrogen-bond acceptors (Lipinski definition) is 8. The molecule has 0 unspecified atom stereocenters. The van der Waals surface area contributed by atoms with Crippen molar-refractivity contribution >= 4 is 40.0 Å². The van der Waals surface area contributed by atoms with E-state index in [0.29, 0.717) is 11.0 Å². The molecule has 0 saturated carbocycles. The number of amides is 2. The summed E-state index contributed by atoms with van der Waals surface area (Å²) >= 11 is 0. The summed E-state index contributed by atoms with van der Waals surface area (Å²) in [7, 11) is 0. The van der Waals surface area contributed by atoms with Crippen LogP contribution in [0.2, 0.25) is 0 Å². The van der Waals surface area contributed by atoms with Gasteiger partial charge in [0.05, 0.1) is 12.0 Å². The molecule has 1 aliphatic heterocycles. The van der Waals surface area contributed by atoms with Gasteiger partial charge >= 0.3 is 6.61 Å². The number of fused-ring (bicyclic) bond motifs is 1. The van der Waals surface area contributed by atoms with Gasteiger partial charge in [0.1, 0.15) is 0 Å². The van der Waals surface area contributed by atoms with Crippen LogP contribution in [-0.2, 0) is 14.3 Å². The van der Waals surface area contributed by atoms with E-state index in [1.807, 2.05) is 0 Å². The Hall–Kier alpha value is -3.84. The van der Waals surface area contributed by atoms with Crippen LogP contribution in [0.3, 0.4) is 0 Å². The highest BCUT2D eigenvalue weighted by Gasteiger charge is 2.39. The van der Waals surface area contributed by atoms with Crippen LogP contribution in [0.15, 0.2) is 40.9 Å². The first-order valence-corrected chi connectivity index (χ1v) is 9.56. The lowest BCUT2D eigenvalue weighted by atomic mass is 10.1. The third kappa shape index (κ3) is 4.54. The number of aromatic nitrogens is 1. The van der Waals surface area contributed by atoms with Crippen molar-refractivity contribution < 1.29 is 41.9 Å². The van der Waals surface area contributed by atoms with E-state index in [-0.39, 0.29) is 30.3 Å². The minimum Gasteiger partial charge on any atom is -0.432 e. The predicted octanol–water partition coefficient (Wildman–Crippen LogP) is 1.88. The summed E-state index contributed by atoms with van der Waals surface area (Å²) in [6, 6.07) is 7.45. The van der Waals surface area contributed by atoms with Crippen molar-refractivity contribution in [2.45, 2.75) is 18.8 Å². The van der Waals surface area contributed by atoms with Gasteiger partial charge < -0.3 is 35.1 Å². The number of nitrogen functional groups attached to an aromatic ring is 1. The minimum absolute atomic E-state index is 0.0208. The van der Waals surface area contributed by atoms with Gasteiger partial charge in [0, 0.05) is 30.1 Å². The number of rotatable bonds is 6. The molecule has 0 spiro atoms. The number of alkyl halides is 2. The van der Waals surface area contributed by atoms with Crippen LogP contribution < -0.4 is 20.7 Å². The first kappa shape index (κ1) is 22.4. The largest absolute Gasteiger partial charge is 0.432 e. The zero-order chi connectivity index (χ0) is 23.7. The van der Waals surface area contributed by atoms with Gasteiger partial charge in [-0.2, -0.15) is 8.78 Å². The SMILES string of the molecule is Nc1noc2cc(NC(=O)[C@H](O)[C@H]3OCCN(c4ccc(F)c(OC(F)F)c4)C3=O)ccc12. The molecule has 13 heteroatoms. The lowest BCUT2D eigenvalue weighted by molar-refractivity contribution is -0.150. The van der Waals surface area contributed by atoms with Crippen LogP contribution in [0.4, 0.5) is 30.4 Å². The molecule has 3 aromatic rings. The lowest BCUT2D eigenvalue weighted by Crippen LogP contribution is -2.55. The van der Waals surface area contributed by atoms with Crippen molar-refractivity contribution in [2.24, 2.45) is 0 Å². The molecule has 1 aliphatic rings. The second kappa shape index (κ2) is 8.96. The first-order chi connectivity index (χ1) is 15.7. The summed E-state index contributed by atoms with van der Waals surface area (Å²) < 4.78 is 53.1. The molecule has 0 radical (unpaired) electrons. The topological polar surface area (TPSA) is 140 Å². The summed E-state index contributed by atoms with van der Waals surface area (Å²) in [5.41, 5.74) is 6.21. The van der Waals surface area contributed by atoms with Crippen molar-refractivity contribution in [1.82, 2.24) is 5.16 Å². The molecule has 174 valence electrons. The van der Waals surface area contributed by atoms with E-state index in [0.717, 1.165) is 17.0 Å². The van der Waals surface area contributed by atoms with Crippen molar-refractivity contribution in [2.75, 3.05) is 29.1 Å². The summed E-state index contributed by atoms with van der Waals surface area (Å²) in [5, 5.41) is 17.0. The maximum atomic E-state index is 13.7. The van der Waals surface area contributed by atoms with Gasteiger partial charge in [0.2, 0.25) is 0 Å². The van der Waals surface area contributed by atoms with Crippen LogP contribution in [-0.4, -0.2) is 54.0 Å². The van der Waals surface area contributed by atoms with Gasteiger partial charge in [-0.05, 0) is 24.3 Å². The quantitative estimate of drug-likeness (QED) is 0.500. The van der Waals surface area contributed by atoms with Gasteiger partial charge in [-0.15, -0.1) is 0 Å². The highest BCUT2D eigenvalue weighted by Crippen LogP contribution is 2.29. The molecule has 2 amide bonds. The molecule has 10 nitrogen and oxygen atoms in total. The third-order valence-electron chi connectivity index (χ3n) is 4.89. The van der Waals surface area contributed by atoms with Gasteiger partial charge in [0.25, 0.3) is 11.8 Å². The second-order valence-electron chi connectivity index (χ2n) is 6.99. The summed E-state index contributed by atoms with van der Waals surface area (Å²) in [6.07, 6.45) is -3.50. The monoisotopic (exact) mass is 466 g/mol. The number of aliphatic hydroxyl groups is 1. The molecule has 1 saturated heterocycles. The van der Waals surface area contributed by atoms with Crippen molar-refractivity contribution in [3.63, 3.8) is 0 Å². The Balaban J connectivity index is 1.49. The molecule has 4 N–H and O–H groups in total. The predicted molar refractivity (Wildman–Crippen MR) is 108 cm³/mol. The molecule has 2 heterocycles. The number of morpholine rings is 1. The van der Waals surface area contributed by atoms with Crippen molar-refractivity contribution in [1.29, 1.82) is 0 Å². The fourth-order valence-corrected chi connectivity index (χ4v) is 3.32. The van der Waals surface area contributed by atoms with Crippen LogP contribution in [0, 0.1) is 5.82 Å². The Kier molecular flexibility index (Phi) is 6.07. The number of benzene rings is 2. The van der Waals surface area contributed by atoms with Crippen LogP contribution in [0.1, 0.15) is 0 Å². The normalized spacial score (nSPS) is 17.4. The summed E-state index contributed by atoms with van der Waals surface area (Å²) in [5.74, 6) is -3.38. The maximum absolute atomic E-state index is 13.7. The number of anilines is 3. The number of nitrogens with two attached hydrogens (primary N) is 1. The molecule has 1 fully saturated rings. The minimum atomic E-state index is -3.26. The maximum Gasteiger partial charge on any atom is 0.387 e. The number of hydrogen-bond donors (Lipinski definition) is 3. The molecule has 1 aromatic heterocycles. The number of nitrogens with zero attached hydrogens (tertiary/aromatic N) is 2. The van der Waals surface area contributed by atoms with Gasteiger partial charge in [0.15, 0.2) is 35.2 Å². The molecule has 2 atom stereocenters. The average molecular weight is 466 g/mol. The Morgan fingerprint density at radius 2 is 2.09 bits per heavy atom. The molecule has 0 bridgehead atoms. The van der Waals surface area contributed by atoms with Gasteiger partial charge in [-0.25, -0.2) is 4.39 Å². The lowest BCUT2D eigenvalue weighted by Gasteiger charge is -2.34. The van der Waals surface area contributed by atoms with Gasteiger partial charge in [-0.1, -0.05) is 5.16 Å². The number of aliphatic hydroxyl groups excluding tert-OH is 1. The van der Waals surface area contributed by atoms with E-state index < -0.39 is 42.2 Å². The molecular formula is C20H17F3N4O6. The van der Waals surface area contributed by atoms with Crippen molar-refractivity contribution in [3.05, 3.63) is 42.2 Å². The summed E-state index contributed by atoms with van der Waals surface area (Å²) in [4.78, 5) is 26.5. The number of carbonyl (C=O) groups is 2. The fourth-order valence-electron chi connectivity index (χ4n) is 3.32. The first-order valence-electron chi connectivity index (χ1n) is 9.56. The highest BCUT2D eigenvalue weighted by atomic mass is 19.3. The zero-order valence-electron chi connectivity index (χ0n) is 16.7. The average Bonchev–Trinajstić information content (AvgIpc) is 3.15. The highest BCUT2D eigenvalue weighted by molar-refractivity contribution is 6.04. The zero-order valence-corrected chi connectivity index (χ0v) is 16.7. The molecule has 4 rings (SSSR count). The second-order valence-corrected chi connectivity index (χ2v) is 6.99.